The second-order valence-corrected chi connectivity index (χ2v) is 2.96. The zero-order valence-corrected chi connectivity index (χ0v) is 8.57. The fourth-order valence-corrected chi connectivity index (χ4v) is 1.40. The van der Waals surface area contributed by atoms with Crippen LogP contribution < -0.4 is 4.74 Å². The van der Waals surface area contributed by atoms with Gasteiger partial charge in [-0.2, -0.15) is 5.10 Å². The van der Waals surface area contributed by atoms with E-state index in [2.05, 4.69) is 5.10 Å². The van der Waals surface area contributed by atoms with Crippen LogP contribution in [0.4, 0.5) is 0 Å². The van der Waals surface area contributed by atoms with Crippen LogP contribution in [0.25, 0.3) is 0 Å². The average molecular weight is 198 g/mol. The van der Waals surface area contributed by atoms with E-state index in [0.717, 1.165) is 0 Å². The maximum atomic E-state index is 10.6. The van der Waals surface area contributed by atoms with E-state index in [1.54, 1.807) is 11.6 Å². The van der Waals surface area contributed by atoms with Crippen molar-refractivity contribution in [2.24, 2.45) is 0 Å². The van der Waals surface area contributed by atoms with Gasteiger partial charge < -0.3 is 9.84 Å². The minimum Gasteiger partial charge on any atom is -0.481 e. The van der Waals surface area contributed by atoms with Gasteiger partial charge in [-0.1, -0.05) is 0 Å². The van der Waals surface area contributed by atoms with Crippen LogP contribution in [0.3, 0.4) is 0 Å². The smallest absolute Gasteiger partial charge is 0.308 e. The number of nitrogens with zero attached hydrogens (tertiary/aromatic N) is 2. The molecule has 1 rings (SSSR count). The van der Waals surface area contributed by atoms with Crippen LogP contribution >= 0.6 is 0 Å². The molecule has 0 aliphatic carbocycles. The quantitative estimate of drug-likeness (QED) is 0.778. The van der Waals surface area contributed by atoms with Gasteiger partial charge in [0.15, 0.2) is 0 Å². The van der Waals surface area contributed by atoms with Gasteiger partial charge >= 0.3 is 5.97 Å². The summed E-state index contributed by atoms with van der Waals surface area (Å²) < 4.78 is 6.79. The van der Waals surface area contributed by atoms with Gasteiger partial charge in [-0.3, -0.25) is 4.79 Å². The molecule has 1 aromatic heterocycles. The number of carboxylic acids is 1. The third-order valence-electron chi connectivity index (χ3n) is 2.02. The van der Waals surface area contributed by atoms with Gasteiger partial charge in [0.05, 0.1) is 19.2 Å². The second kappa shape index (κ2) is 4.13. The maximum absolute atomic E-state index is 10.6. The van der Waals surface area contributed by atoms with Crippen molar-refractivity contribution in [3.05, 3.63) is 11.3 Å². The van der Waals surface area contributed by atoms with E-state index in [9.17, 15) is 4.79 Å². The molecule has 0 bridgehead atoms. The van der Waals surface area contributed by atoms with Crippen LogP contribution in [0.5, 0.6) is 5.88 Å². The van der Waals surface area contributed by atoms with Crippen LogP contribution in [0.15, 0.2) is 0 Å². The van der Waals surface area contributed by atoms with Crippen molar-refractivity contribution in [2.75, 3.05) is 7.11 Å². The highest BCUT2D eigenvalue weighted by atomic mass is 16.5. The Labute approximate surface area is 82.3 Å². The molecule has 1 aromatic rings. The Balaban J connectivity index is 3.12. The molecule has 1 heterocycles. The van der Waals surface area contributed by atoms with E-state index in [1.807, 2.05) is 6.92 Å². The third-order valence-corrected chi connectivity index (χ3v) is 2.02. The van der Waals surface area contributed by atoms with Crippen LogP contribution in [0.1, 0.15) is 18.2 Å². The summed E-state index contributed by atoms with van der Waals surface area (Å²) in [6, 6.07) is 0. The highest BCUT2D eigenvalue weighted by molar-refractivity contribution is 5.71. The zero-order chi connectivity index (χ0) is 10.7. The third kappa shape index (κ3) is 1.86. The highest BCUT2D eigenvalue weighted by Crippen LogP contribution is 2.22. The summed E-state index contributed by atoms with van der Waals surface area (Å²) in [6.45, 7) is 4.39. The Morgan fingerprint density at radius 2 is 2.29 bits per heavy atom. The van der Waals surface area contributed by atoms with Crippen molar-refractivity contribution in [1.82, 2.24) is 9.78 Å². The number of rotatable bonds is 4. The number of methoxy groups -OCH3 is 1. The van der Waals surface area contributed by atoms with Gasteiger partial charge in [0.1, 0.15) is 0 Å². The summed E-state index contributed by atoms with van der Waals surface area (Å²) in [5.41, 5.74) is 1.37. The lowest BCUT2D eigenvalue weighted by molar-refractivity contribution is -0.136. The lowest BCUT2D eigenvalue weighted by atomic mass is 10.2. The molecule has 0 aliphatic rings. The predicted molar refractivity (Wildman–Crippen MR) is 50.5 cm³/mol. The SMILES string of the molecule is CCn1nc(C)c(CC(=O)O)c1OC. The van der Waals surface area contributed by atoms with E-state index in [0.29, 0.717) is 23.7 Å². The summed E-state index contributed by atoms with van der Waals surface area (Å²) in [5, 5.41) is 12.9. The summed E-state index contributed by atoms with van der Waals surface area (Å²) >= 11 is 0. The van der Waals surface area contributed by atoms with Gasteiger partial charge in [-0.05, 0) is 13.8 Å². The number of carboxylic acid groups (broad SMARTS) is 1. The Bertz CT molecular complexity index is 344. The van der Waals surface area contributed by atoms with Crippen LogP contribution in [-0.2, 0) is 17.8 Å². The molecule has 5 nitrogen and oxygen atoms in total. The average Bonchev–Trinajstić information content (AvgIpc) is 2.42. The summed E-state index contributed by atoms with van der Waals surface area (Å²) in [6.07, 6.45) is -0.0466. The van der Waals surface area contributed by atoms with E-state index in [1.165, 1.54) is 7.11 Å². The maximum Gasteiger partial charge on any atom is 0.308 e. The fraction of sp³-hybridized carbons (Fsp3) is 0.556. The molecular weight excluding hydrogens is 184 g/mol. The molecule has 0 atom stereocenters. The van der Waals surface area contributed by atoms with Crippen molar-refractivity contribution < 1.29 is 14.6 Å². The highest BCUT2D eigenvalue weighted by Gasteiger charge is 2.17. The first-order valence-corrected chi connectivity index (χ1v) is 4.42. The minimum atomic E-state index is -0.873. The molecule has 0 saturated carbocycles. The first-order chi connectivity index (χ1) is 6.60. The number of hydrogen-bond acceptors (Lipinski definition) is 3. The number of hydrogen-bond donors (Lipinski definition) is 1. The first kappa shape index (κ1) is 10.6. The van der Waals surface area contributed by atoms with E-state index in [4.69, 9.17) is 9.84 Å². The normalized spacial score (nSPS) is 10.2. The molecule has 0 unspecified atom stereocenters. The van der Waals surface area contributed by atoms with Crippen molar-refractivity contribution in [2.45, 2.75) is 26.8 Å². The lowest BCUT2D eigenvalue weighted by Crippen LogP contribution is -2.04. The van der Waals surface area contributed by atoms with Crippen molar-refractivity contribution in [1.29, 1.82) is 0 Å². The molecule has 78 valence electrons. The fourth-order valence-electron chi connectivity index (χ4n) is 1.40. The number of aromatic nitrogens is 2. The van der Waals surface area contributed by atoms with Gasteiger partial charge in [0, 0.05) is 12.1 Å². The molecule has 0 saturated heterocycles. The van der Waals surface area contributed by atoms with E-state index >= 15 is 0 Å². The largest absolute Gasteiger partial charge is 0.481 e. The standard InChI is InChI=1S/C9H14N2O3/c1-4-11-9(14-3)7(5-8(12)13)6(2)10-11/h4-5H2,1-3H3,(H,12,13). The van der Waals surface area contributed by atoms with Gasteiger partial charge in [-0.15, -0.1) is 0 Å². The summed E-state index contributed by atoms with van der Waals surface area (Å²) in [4.78, 5) is 10.6. The number of aryl methyl sites for hydroxylation is 2. The van der Waals surface area contributed by atoms with Gasteiger partial charge in [0.25, 0.3) is 0 Å². The second-order valence-electron chi connectivity index (χ2n) is 2.96. The van der Waals surface area contributed by atoms with E-state index < -0.39 is 5.97 Å². The number of carbonyl (C=O) groups is 1. The summed E-state index contributed by atoms with van der Waals surface area (Å²) in [7, 11) is 1.52. The first-order valence-electron chi connectivity index (χ1n) is 4.42. The monoisotopic (exact) mass is 198 g/mol. The summed E-state index contributed by atoms with van der Waals surface area (Å²) in [5.74, 6) is -0.325. The predicted octanol–water partition coefficient (Wildman–Crippen LogP) is 0.847. The minimum absolute atomic E-state index is 0.0466. The Kier molecular flexibility index (Phi) is 3.11. The van der Waals surface area contributed by atoms with Crippen molar-refractivity contribution in [3.63, 3.8) is 0 Å². The molecule has 1 N–H and O–H groups in total. The van der Waals surface area contributed by atoms with Crippen LogP contribution in [-0.4, -0.2) is 28.0 Å². The topological polar surface area (TPSA) is 64.4 Å². The number of aliphatic carboxylic acids is 1. The molecular formula is C9H14N2O3. The molecule has 0 spiro atoms. The molecule has 0 radical (unpaired) electrons. The zero-order valence-electron chi connectivity index (χ0n) is 8.57. The number of ether oxygens (including phenoxy) is 1. The Morgan fingerprint density at radius 3 is 2.71 bits per heavy atom. The van der Waals surface area contributed by atoms with Crippen LogP contribution in [0.2, 0.25) is 0 Å². The van der Waals surface area contributed by atoms with Crippen LogP contribution in [0, 0.1) is 6.92 Å². The molecule has 0 aromatic carbocycles. The van der Waals surface area contributed by atoms with Gasteiger partial charge in [-0.25, -0.2) is 4.68 Å². The molecule has 5 heteroatoms. The van der Waals surface area contributed by atoms with Gasteiger partial charge in [0.2, 0.25) is 5.88 Å². The molecule has 14 heavy (non-hydrogen) atoms. The Morgan fingerprint density at radius 1 is 1.64 bits per heavy atom. The van der Waals surface area contributed by atoms with E-state index in [-0.39, 0.29) is 6.42 Å². The lowest BCUT2D eigenvalue weighted by Gasteiger charge is -2.04. The molecule has 0 aliphatic heterocycles. The molecule has 0 amide bonds. The van der Waals surface area contributed by atoms with Crippen molar-refractivity contribution >= 4 is 5.97 Å². The Hall–Kier alpha value is -1.52. The van der Waals surface area contributed by atoms with Crippen molar-refractivity contribution in [3.8, 4) is 5.88 Å². The molecule has 0 fully saturated rings.